The van der Waals surface area contributed by atoms with Gasteiger partial charge >= 0.3 is 0 Å². The van der Waals surface area contributed by atoms with Gasteiger partial charge in [0.2, 0.25) is 0 Å². The largest absolute Gasteiger partial charge is 0.370 e. The molecular formula is C11H10N4O2. The van der Waals surface area contributed by atoms with Gasteiger partial charge in [0.25, 0.3) is 5.69 Å². The van der Waals surface area contributed by atoms with Crippen LogP contribution < -0.4 is 11.5 Å². The van der Waals surface area contributed by atoms with Crippen molar-refractivity contribution in [2.75, 3.05) is 0 Å². The maximum absolute atomic E-state index is 10.6. The standard InChI is InChI=1S/C11H10N4O2/c12-11(13)14-9-3-1-8-6-10(15(16)17)4-2-7(8)5-9/h1-6H,(H4,12,13,14). The van der Waals surface area contributed by atoms with E-state index in [9.17, 15) is 10.1 Å². The Hall–Kier alpha value is -2.63. The Morgan fingerprint density at radius 1 is 1.12 bits per heavy atom. The molecule has 0 aliphatic heterocycles. The molecule has 0 aliphatic rings. The van der Waals surface area contributed by atoms with Gasteiger partial charge in [-0.05, 0) is 29.0 Å². The number of nitrogens with two attached hydrogens (primary N) is 2. The molecule has 0 bridgehead atoms. The van der Waals surface area contributed by atoms with Gasteiger partial charge in [-0.2, -0.15) is 0 Å². The van der Waals surface area contributed by atoms with Gasteiger partial charge in [-0.1, -0.05) is 6.07 Å². The Kier molecular flexibility index (Phi) is 2.61. The van der Waals surface area contributed by atoms with E-state index in [1.165, 1.54) is 12.1 Å². The number of benzene rings is 2. The van der Waals surface area contributed by atoms with Crippen molar-refractivity contribution in [2.45, 2.75) is 0 Å². The van der Waals surface area contributed by atoms with E-state index in [0.717, 1.165) is 10.8 Å². The lowest BCUT2D eigenvalue weighted by Crippen LogP contribution is -2.21. The summed E-state index contributed by atoms with van der Waals surface area (Å²) in [6.45, 7) is 0. The number of non-ortho nitro benzene ring substituents is 1. The quantitative estimate of drug-likeness (QED) is 0.354. The number of aliphatic imine (C=N–C) groups is 1. The number of hydrogen-bond acceptors (Lipinski definition) is 3. The van der Waals surface area contributed by atoms with E-state index in [4.69, 9.17) is 11.5 Å². The van der Waals surface area contributed by atoms with Crippen LogP contribution in [0.2, 0.25) is 0 Å². The molecule has 0 aromatic heterocycles. The van der Waals surface area contributed by atoms with Gasteiger partial charge in [0, 0.05) is 12.1 Å². The number of nitro groups is 1. The van der Waals surface area contributed by atoms with Crippen LogP contribution in [-0.2, 0) is 0 Å². The molecule has 2 aromatic carbocycles. The van der Waals surface area contributed by atoms with Gasteiger partial charge in [0.1, 0.15) is 0 Å². The summed E-state index contributed by atoms with van der Waals surface area (Å²) in [4.78, 5) is 14.1. The molecule has 0 atom stereocenters. The molecule has 17 heavy (non-hydrogen) atoms. The minimum Gasteiger partial charge on any atom is -0.370 e. The Bertz CT molecular complexity index is 618. The Morgan fingerprint density at radius 3 is 2.41 bits per heavy atom. The van der Waals surface area contributed by atoms with Crippen molar-refractivity contribution in [2.24, 2.45) is 16.5 Å². The second-order valence-electron chi connectivity index (χ2n) is 3.51. The van der Waals surface area contributed by atoms with Crippen molar-refractivity contribution < 1.29 is 4.92 Å². The molecular weight excluding hydrogens is 220 g/mol. The van der Waals surface area contributed by atoms with Crippen LogP contribution in [0.4, 0.5) is 11.4 Å². The fourth-order valence-electron chi connectivity index (χ4n) is 1.55. The fourth-order valence-corrected chi connectivity index (χ4v) is 1.55. The number of rotatable bonds is 2. The molecule has 4 N–H and O–H groups in total. The predicted octanol–water partition coefficient (Wildman–Crippen LogP) is 1.65. The third kappa shape index (κ3) is 2.31. The van der Waals surface area contributed by atoms with E-state index in [-0.39, 0.29) is 11.6 Å². The van der Waals surface area contributed by atoms with Crippen LogP contribution in [0, 0.1) is 10.1 Å². The lowest BCUT2D eigenvalue weighted by molar-refractivity contribution is -0.384. The molecule has 86 valence electrons. The second-order valence-corrected chi connectivity index (χ2v) is 3.51. The molecule has 0 saturated heterocycles. The Labute approximate surface area is 96.7 Å². The van der Waals surface area contributed by atoms with E-state index in [1.54, 1.807) is 24.3 Å². The van der Waals surface area contributed by atoms with E-state index in [0.29, 0.717) is 5.69 Å². The van der Waals surface area contributed by atoms with E-state index in [2.05, 4.69) is 4.99 Å². The number of nitrogens with zero attached hydrogens (tertiary/aromatic N) is 2. The molecule has 0 spiro atoms. The van der Waals surface area contributed by atoms with Crippen LogP contribution in [-0.4, -0.2) is 10.9 Å². The molecule has 6 nitrogen and oxygen atoms in total. The van der Waals surface area contributed by atoms with E-state index in [1.807, 2.05) is 0 Å². The molecule has 6 heteroatoms. The zero-order valence-electron chi connectivity index (χ0n) is 8.83. The normalized spacial score (nSPS) is 10.1. The number of fused-ring (bicyclic) bond motifs is 1. The molecule has 2 rings (SSSR count). The summed E-state index contributed by atoms with van der Waals surface area (Å²) in [5, 5.41) is 12.2. The third-order valence-electron chi connectivity index (χ3n) is 2.28. The van der Waals surface area contributed by atoms with Gasteiger partial charge in [0.15, 0.2) is 5.96 Å². The molecule has 0 unspecified atom stereocenters. The summed E-state index contributed by atoms with van der Waals surface area (Å²) in [5.74, 6) is -0.0220. The molecule has 0 radical (unpaired) electrons. The van der Waals surface area contributed by atoms with Gasteiger partial charge in [-0.25, -0.2) is 4.99 Å². The SMILES string of the molecule is NC(N)=Nc1ccc2cc([N+](=O)[O-])ccc2c1. The average Bonchev–Trinajstić information content (AvgIpc) is 2.27. The van der Waals surface area contributed by atoms with Gasteiger partial charge in [-0.15, -0.1) is 0 Å². The smallest absolute Gasteiger partial charge is 0.270 e. The van der Waals surface area contributed by atoms with Crippen molar-refractivity contribution in [1.29, 1.82) is 0 Å². The second kappa shape index (κ2) is 4.09. The minimum absolute atomic E-state index is 0.0220. The maximum Gasteiger partial charge on any atom is 0.270 e. The van der Waals surface area contributed by atoms with Crippen LogP contribution in [0.1, 0.15) is 0 Å². The fraction of sp³-hybridized carbons (Fsp3) is 0. The summed E-state index contributed by atoms with van der Waals surface area (Å²) < 4.78 is 0. The highest BCUT2D eigenvalue weighted by Gasteiger charge is 2.05. The van der Waals surface area contributed by atoms with Crippen LogP contribution >= 0.6 is 0 Å². The minimum atomic E-state index is -0.427. The average molecular weight is 230 g/mol. The summed E-state index contributed by atoms with van der Waals surface area (Å²) in [6, 6.07) is 9.82. The van der Waals surface area contributed by atoms with Crippen molar-refractivity contribution in [1.82, 2.24) is 0 Å². The first-order chi connectivity index (χ1) is 8.06. The van der Waals surface area contributed by atoms with Crippen LogP contribution in [0.25, 0.3) is 10.8 Å². The van der Waals surface area contributed by atoms with Crippen LogP contribution in [0.15, 0.2) is 41.4 Å². The van der Waals surface area contributed by atoms with Crippen LogP contribution in [0.3, 0.4) is 0 Å². The van der Waals surface area contributed by atoms with Crippen LogP contribution in [0.5, 0.6) is 0 Å². The zero-order valence-corrected chi connectivity index (χ0v) is 8.83. The van der Waals surface area contributed by atoms with Crippen molar-refractivity contribution in [3.63, 3.8) is 0 Å². The molecule has 0 heterocycles. The van der Waals surface area contributed by atoms with E-state index < -0.39 is 4.92 Å². The van der Waals surface area contributed by atoms with Gasteiger partial charge in [-0.3, -0.25) is 10.1 Å². The lowest BCUT2D eigenvalue weighted by Gasteiger charge is -2.00. The van der Waals surface area contributed by atoms with Crippen molar-refractivity contribution >= 4 is 28.1 Å². The third-order valence-corrected chi connectivity index (χ3v) is 2.28. The lowest BCUT2D eigenvalue weighted by atomic mass is 10.1. The topological polar surface area (TPSA) is 108 Å². The highest BCUT2D eigenvalue weighted by atomic mass is 16.6. The zero-order chi connectivity index (χ0) is 12.4. The van der Waals surface area contributed by atoms with E-state index >= 15 is 0 Å². The van der Waals surface area contributed by atoms with Crippen molar-refractivity contribution in [3.8, 4) is 0 Å². The molecule has 0 amide bonds. The molecule has 0 saturated carbocycles. The van der Waals surface area contributed by atoms with Crippen molar-refractivity contribution in [3.05, 3.63) is 46.5 Å². The Balaban J connectivity index is 2.54. The molecule has 2 aromatic rings. The first kappa shape index (κ1) is 10.9. The Morgan fingerprint density at radius 2 is 1.76 bits per heavy atom. The van der Waals surface area contributed by atoms with Gasteiger partial charge < -0.3 is 11.5 Å². The molecule has 0 aliphatic carbocycles. The number of guanidine groups is 1. The molecule has 0 fully saturated rings. The summed E-state index contributed by atoms with van der Waals surface area (Å²) >= 11 is 0. The summed E-state index contributed by atoms with van der Waals surface area (Å²) in [7, 11) is 0. The monoisotopic (exact) mass is 230 g/mol. The van der Waals surface area contributed by atoms with Gasteiger partial charge in [0.05, 0.1) is 10.6 Å². The first-order valence-corrected chi connectivity index (χ1v) is 4.84. The summed E-state index contributed by atoms with van der Waals surface area (Å²) in [6.07, 6.45) is 0. The highest BCUT2D eigenvalue weighted by molar-refractivity contribution is 5.88. The number of hydrogen-bond donors (Lipinski definition) is 2. The number of nitro benzene ring substituents is 1. The first-order valence-electron chi connectivity index (χ1n) is 4.84. The summed E-state index contributed by atoms with van der Waals surface area (Å²) in [5.41, 5.74) is 11.2. The highest BCUT2D eigenvalue weighted by Crippen LogP contribution is 2.24. The predicted molar refractivity (Wildman–Crippen MR) is 66.1 cm³/mol. The maximum atomic E-state index is 10.6.